The molecule has 1 atom stereocenters. The number of anilines is 2. The van der Waals surface area contributed by atoms with Crippen LogP contribution in [0.3, 0.4) is 0 Å². The van der Waals surface area contributed by atoms with Crippen LogP contribution in [0.25, 0.3) is 10.9 Å². The van der Waals surface area contributed by atoms with Crippen LogP contribution in [0.5, 0.6) is 0 Å². The molecule has 1 aliphatic rings. The molecule has 1 N–H and O–H groups in total. The molecular weight excluding hydrogens is 380 g/mol. The Balaban J connectivity index is 1.77. The quantitative estimate of drug-likeness (QED) is 0.609. The van der Waals surface area contributed by atoms with Crippen molar-refractivity contribution >= 4 is 38.2 Å². The number of aryl methyl sites for hydroxylation is 2. The summed E-state index contributed by atoms with van der Waals surface area (Å²) in [6.45, 7) is 4.95. The highest BCUT2D eigenvalue weighted by Crippen LogP contribution is 2.34. The lowest BCUT2D eigenvalue weighted by Gasteiger charge is -2.23. The molecule has 0 bridgehead atoms. The molecule has 3 heterocycles. The second-order valence-corrected chi connectivity index (χ2v) is 7.33. The van der Waals surface area contributed by atoms with Gasteiger partial charge in [-0.25, -0.2) is 9.67 Å². The molecule has 2 aromatic heterocycles. The Morgan fingerprint density at radius 1 is 1.24 bits per heavy atom. The summed E-state index contributed by atoms with van der Waals surface area (Å²) >= 11 is 3.53. The van der Waals surface area contributed by atoms with Gasteiger partial charge in [-0.2, -0.15) is 5.10 Å². The van der Waals surface area contributed by atoms with Gasteiger partial charge in [0, 0.05) is 18.2 Å². The highest BCUT2D eigenvalue weighted by Gasteiger charge is 2.20. The van der Waals surface area contributed by atoms with Gasteiger partial charge in [-0.15, -0.1) is 0 Å². The first kappa shape index (κ1) is 16.5. The van der Waals surface area contributed by atoms with Crippen molar-refractivity contribution in [2.75, 3.05) is 11.9 Å². The minimum Gasteiger partial charge on any atom is -0.356 e. The van der Waals surface area contributed by atoms with E-state index in [9.17, 15) is 0 Å². The fraction of sp³-hybridized carbons (Fsp3) is 0.368. The van der Waals surface area contributed by atoms with E-state index in [4.69, 9.17) is 4.74 Å². The molecule has 1 fully saturated rings. The minimum absolute atomic E-state index is 0.0363. The van der Waals surface area contributed by atoms with Crippen LogP contribution in [0.4, 0.5) is 11.4 Å². The molecule has 0 aliphatic carbocycles. The van der Waals surface area contributed by atoms with Gasteiger partial charge in [-0.1, -0.05) is 6.07 Å². The summed E-state index contributed by atoms with van der Waals surface area (Å²) in [6.07, 6.45) is 7.15. The van der Waals surface area contributed by atoms with Crippen LogP contribution in [0.15, 0.2) is 35.2 Å². The molecule has 0 amide bonds. The Morgan fingerprint density at radius 3 is 2.92 bits per heavy atom. The lowest BCUT2D eigenvalue weighted by atomic mass is 10.1. The second-order valence-electron chi connectivity index (χ2n) is 6.58. The van der Waals surface area contributed by atoms with Gasteiger partial charge in [0.1, 0.15) is 4.60 Å². The molecule has 4 rings (SSSR count). The number of ether oxygens (including phenoxy) is 1. The molecule has 130 valence electrons. The van der Waals surface area contributed by atoms with Crippen molar-refractivity contribution < 1.29 is 4.74 Å². The maximum Gasteiger partial charge on any atom is 0.150 e. The molecule has 1 unspecified atom stereocenters. The number of nitrogens with one attached hydrogen (secondary N) is 1. The zero-order valence-corrected chi connectivity index (χ0v) is 16.0. The number of rotatable bonds is 3. The minimum atomic E-state index is 0.0363. The third-order valence-electron chi connectivity index (χ3n) is 4.65. The molecule has 1 saturated heterocycles. The zero-order chi connectivity index (χ0) is 17.4. The van der Waals surface area contributed by atoms with Crippen molar-refractivity contribution in [3.05, 3.63) is 46.3 Å². The fourth-order valence-corrected chi connectivity index (χ4v) is 3.63. The molecule has 25 heavy (non-hydrogen) atoms. The monoisotopic (exact) mass is 400 g/mol. The van der Waals surface area contributed by atoms with E-state index >= 15 is 0 Å². The van der Waals surface area contributed by atoms with E-state index in [1.165, 1.54) is 12.0 Å². The molecule has 6 heteroatoms. The maximum atomic E-state index is 5.92. The molecule has 5 nitrogen and oxygen atoms in total. The van der Waals surface area contributed by atoms with Gasteiger partial charge in [0.05, 0.1) is 23.1 Å². The Hall–Kier alpha value is -1.92. The number of benzene rings is 1. The summed E-state index contributed by atoms with van der Waals surface area (Å²) in [5.41, 5.74) is 5.40. The average molecular weight is 401 g/mol. The summed E-state index contributed by atoms with van der Waals surface area (Å²) < 4.78 is 8.74. The van der Waals surface area contributed by atoms with E-state index in [-0.39, 0.29) is 6.23 Å². The van der Waals surface area contributed by atoms with Gasteiger partial charge in [0.15, 0.2) is 6.23 Å². The number of nitrogens with zero attached hydrogens (tertiary/aromatic N) is 3. The summed E-state index contributed by atoms with van der Waals surface area (Å²) in [5.74, 6) is 0. The smallest absolute Gasteiger partial charge is 0.150 e. The Labute approximate surface area is 155 Å². The lowest BCUT2D eigenvalue weighted by Crippen LogP contribution is -2.18. The number of aromatic nitrogens is 3. The predicted molar refractivity (Wildman–Crippen MR) is 103 cm³/mol. The van der Waals surface area contributed by atoms with E-state index in [2.05, 4.69) is 56.5 Å². The third-order valence-corrected chi connectivity index (χ3v) is 5.28. The molecule has 0 radical (unpaired) electrons. The summed E-state index contributed by atoms with van der Waals surface area (Å²) in [6, 6.07) is 6.34. The Kier molecular flexibility index (Phi) is 4.48. The van der Waals surface area contributed by atoms with Gasteiger partial charge < -0.3 is 10.1 Å². The molecule has 0 saturated carbocycles. The topological polar surface area (TPSA) is 52.0 Å². The fourth-order valence-electron chi connectivity index (χ4n) is 3.32. The molecule has 1 aliphatic heterocycles. The normalized spacial score (nSPS) is 17.8. The number of hydrogen-bond donors (Lipinski definition) is 1. The van der Waals surface area contributed by atoms with Crippen LogP contribution in [-0.2, 0) is 4.74 Å². The Morgan fingerprint density at radius 2 is 2.12 bits per heavy atom. The first-order chi connectivity index (χ1) is 12.1. The van der Waals surface area contributed by atoms with E-state index in [1.807, 2.05) is 24.0 Å². The number of halogens is 1. The molecule has 1 aromatic carbocycles. The van der Waals surface area contributed by atoms with Crippen molar-refractivity contribution in [2.24, 2.45) is 0 Å². The van der Waals surface area contributed by atoms with Crippen molar-refractivity contribution in [2.45, 2.75) is 39.3 Å². The van der Waals surface area contributed by atoms with Crippen molar-refractivity contribution in [1.82, 2.24) is 14.8 Å². The Bertz CT molecular complexity index is 915. The molecule has 3 aromatic rings. The molecular formula is C19H21BrN4O. The largest absolute Gasteiger partial charge is 0.356 e. The summed E-state index contributed by atoms with van der Waals surface area (Å²) in [4.78, 5) is 4.38. The van der Waals surface area contributed by atoms with Crippen molar-refractivity contribution in [3.63, 3.8) is 0 Å². The number of hydrogen-bond acceptors (Lipinski definition) is 4. The van der Waals surface area contributed by atoms with Crippen molar-refractivity contribution in [3.8, 4) is 0 Å². The average Bonchev–Trinajstić information content (AvgIpc) is 3.05. The van der Waals surface area contributed by atoms with Crippen LogP contribution in [0.1, 0.15) is 36.6 Å². The van der Waals surface area contributed by atoms with Gasteiger partial charge in [-0.3, -0.25) is 0 Å². The van der Waals surface area contributed by atoms with Gasteiger partial charge in [-0.05, 0) is 72.3 Å². The standard InChI is InChI=1S/C19H21BrN4O/c1-12-9-15(19(20)21-10-12)23-18-13(2)6-7-16-14(18)11-22-24(16)17-5-3-4-8-25-17/h6-7,9-11,17,23H,3-5,8H2,1-2H3. The second kappa shape index (κ2) is 6.77. The predicted octanol–water partition coefficient (Wildman–Crippen LogP) is 5.25. The number of fused-ring (bicyclic) bond motifs is 1. The third kappa shape index (κ3) is 3.16. The van der Waals surface area contributed by atoms with Crippen LogP contribution in [0, 0.1) is 13.8 Å². The SMILES string of the molecule is Cc1cnc(Br)c(Nc2c(C)ccc3c2cnn3C2CCCCO2)c1. The highest BCUT2D eigenvalue weighted by atomic mass is 79.9. The van der Waals surface area contributed by atoms with Gasteiger partial charge >= 0.3 is 0 Å². The summed E-state index contributed by atoms with van der Waals surface area (Å²) in [5, 5.41) is 9.26. The maximum absolute atomic E-state index is 5.92. The van der Waals surface area contributed by atoms with E-state index < -0.39 is 0 Å². The zero-order valence-electron chi connectivity index (χ0n) is 14.4. The lowest BCUT2D eigenvalue weighted by molar-refractivity contribution is -0.0366. The van der Waals surface area contributed by atoms with Crippen LogP contribution in [-0.4, -0.2) is 21.4 Å². The number of pyridine rings is 1. The molecule has 0 spiro atoms. The summed E-state index contributed by atoms with van der Waals surface area (Å²) in [7, 11) is 0. The van der Waals surface area contributed by atoms with Gasteiger partial charge in [0.2, 0.25) is 0 Å². The van der Waals surface area contributed by atoms with Crippen molar-refractivity contribution in [1.29, 1.82) is 0 Å². The first-order valence-corrected chi connectivity index (χ1v) is 9.40. The first-order valence-electron chi connectivity index (χ1n) is 8.61. The van der Waals surface area contributed by atoms with Crippen LogP contribution >= 0.6 is 15.9 Å². The van der Waals surface area contributed by atoms with E-state index in [1.54, 1.807) is 0 Å². The van der Waals surface area contributed by atoms with Gasteiger partial charge in [0.25, 0.3) is 0 Å². The van der Waals surface area contributed by atoms with Crippen LogP contribution in [0.2, 0.25) is 0 Å². The highest BCUT2D eigenvalue weighted by molar-refractivity contribution is 9.10. The van der Waals surface area contributed by atoms with E-state index in [0.717, 1.165) is 51.9 Å². The van der Waals surface area contributed by atoms with E-state index in [0.29, 0.717) is 0 Å². The van der Waals surface area contributed by atoms with Crippen LogP contribution < -0.4 is 5.32 Å².